The number of rotatable bonds is 8. The van der Waals surface area contributed by atoms with Gasteiger partial charge < -0.3 is 24.8 Å². The average Bonchev–Trinajstić information content (AvgIpc) is 2.92. The fraction of sp³-hybridized carbons (Fsp3) is 0.407. The van der Waals surface area contributed by atoms with Crippen molar-refractivity contribution in [1.29, 1.82) is 0 Å². The standard InChI is InChI=1S/C27H31FN6O5/c1-16(2)37-27(36)34-8-6-21(7-9-34)38-24-17(3)25(33-15-32-24)39-26(35)23(29)11-19-5-4-18(10-22(19)28)20-12-30-14-31-13-20/h4-5,10,12-16,21,23H,6-9,11,29H2,1-3H3/t23-/m0/s1. The van der Waals surface area contributed by atoms with Gasteiger partial charge in [0.2, 0.25) is 11.8 Å². The smallest absolute Gasteiger partial charge is 0.410 e. The molecule has 1 aromatic carbocycles. The molecular weight excluding hydrogens is 507 g/mol. The van der Waals surface area contributed by atoms with Crippen molar-refractivity contribution >= 4 is 12.1 Å². The lowest BCUT2D eigenvalue weighted by molar-refractivity contribution is -0.136. The van der Waals surface area contributed by atoms with Crippen molar-refractivity contribution in [3.8, 4) is 22.9 Å². The fourth-order valence-electron chi connectivity index (χ4n) is 4.06. The van der Waals surface area contributed by atoms with Crippen LogP contribution in [0.4, 0.5) is 9.18 Å². The third-order valence-corrected chi connectivity index (χ3v) is 6.19. The van der Waals surface area contributed by atoms with Crippen LogP contribution in [0.2, 0.25) is 0 Å². The molecule has 0 spiro atoms. The van der Waals surface area contributed by atoms with Gasteiger partial charge in [0.15, 0.2) is 0 Å². The SMILES string of the molecule is Cc1c(OC(=O)[C@@H](N)Cc2ccc(-c3cncnc3)cc2F)ncnc1OC1CCN(C(=O)OC(C)C)CC1. The molecule has 1 amide bonds. The monoisotopic (exact) mass is 538 g/mol. The van der Waals surface area contributed by atoms with Crippen LogP contribution < -0.4 is 15.2 Å². The van der Waals surface area contributed by atoms with Crippen LogP contribution in [0.5, 0.6) is 11.8 Å². The highest BCUT2D eigenvalue weighted by Gasteiger charge is 2.27. The number of hydrogen-bond acceptors (Lipinski definition) is 10. The zero-order valence-electron chi connectivity index (χ0n) is 22.0. The Bertz CT molecular complexity index is 1300. The van der Waals surface area contributed by atoms with E-state index in [2.05, 4.69) is 19.9 Å². The second-order valence-corrected chi connectivity index (χ2v) is 9.51. The van der Waals surface area contributed by atoms with Crippen LogP contribution in [-0.4, -0.2) is 68.2 Å². The second-order valence-electron chi connectivity index (χ2n) is 9.51. The molecule has 12 heteroatoms. The van der Waals surface area contributed by atoms with Crippen molar-refractivity contribution in [3.05, 3.63) is 60.2 Å². The van der Waals surface area contributed by atoms with Crippen molar-refractivity contribution in [2.45, 2.75) is 58.3 Å². The Morgan fingerprint density at radius 3 is 2.44 bits per heavy atom. The van der Waals surface area contributed by atoms with Gasteiger partial charge in [-0.25, -0.2) is 33.9 Å². The van der Waals surface area contributed by atoms with E-state index in [1.807, 2.05) is 0 Å². The Morgan fingerprint density at radius 1 is 1.08 bits per heavy atom. The van der Waals surface area contributed by atoms with Gasteiger partial charge in [0, 0.05) is 50.3 Å². The Balaban J connectivity index is 1.33. The number of halogens is 1. The number of piperidine rings is 1. The van der Waals surface area contributed by atoms with Crippen molar-refractivity contribution in [2.75, 3.05) is 13.1 Å². The van der Waals surface area contributed by atoms with E-state index in [1.165, 1.54) is 18.7 Å². The van der Waals surface area contributed by atoms with Gasteiger partial charge in [-0.1, -0.05) is 12.1 Å². The molecule has 39 heavy (non-hydrogen) atoms. The Morgan fingerprint density at radius 2 is 1.77 bits per heavy atom. The molecule has 0 aliphatic carbocycles. The maximum atomic E-state index is 14.7. The van der Waals surface area contributed by atoms with Crippen LogP contribution in [0, 0.1) is 12.7 Å². The number of ether oxygens (including phenoxy) is 3. The highest BCUT2D eigenvalue weighted by molar-refractivity contribution is 5.78. The van der Waals surface area contributed by atoms with Crippen molar-refractivity contribution in [3.63, 3.8) is 0 Å². The maximum absolute atomic E-state index is 14.7. The predicted octanol–water partition coefficient (Wildman–Crippen LogP) is 3.24. The third kappa shape index (κ3) is 7.23. The predicted molar refractivity (Wildman–Crippen MR) is 138 cm³/mol. The summed E-state index contributed by atoms with van der Waals surface area (Å²) >= 11 is 0. The first kappa shape index (κ1) is 27.8. The number of nitrogens with zero attached hydrogens (tertiary/aromatic N) is 5. The van der Waals surface area contributed by atoms with E-state index in [9.17, 15) is 14.0 Å². The van der Waals surface area contributed by atoms with E-state index >= 15 is 0 Å². The molecule has 1 atom stereocenters. The summed E-state index contributed by atoms with van der Waals surface area (Å²) in [5, 5.41) is 0. The van der Waals surface area contributed by atoms with Crippen LogP contribution >= 0.6 is 0 Å². The van der Waals surface area contributed by atoms with Crippen molar-refractivity contribution in [1.82, 2.24) is 24.8 Å². The summed E-state index contributed by atoms with van der Waals surface area (Å²) in [4.78, 5) is 42.5. The molecule has 11 nitrogen and oxygen atoms in total. The average molecular weight is 539 g/mol. The number of carbonyl (C=O) groups is 2. The first-order valence-electron chi connectivity index (χ1n) is 12.7. The number of likely N-dealkylation sites (tertiary alicyclic amines) is 1. The Hall–Kier alpha value is -4.19. The van der Waals surface area contributed by atoms with E-state index in [1.54, 1.807) is 50.2 Å². The van der Waals surface area contributed by atoms with Crippen LogP contribution in [0.3, 0.4) is 0 Å². The lowest BCUT2D eigenvalue weighted by Crippen LogP contribution is -2.42. The first-order valence-corrected chi connectivity index (χ1v) is 12.7. The maximum Gasteiger partial charge on any atom is 0.410 e. The van der Waals surface area contributed by atoms with E-state index in [0.717, 1.165) is 0 Å². The summed E-state index contributed by atoms with van der Waals surface area (Å²) in [6.07, 6.45) is 6.22. The second kappa shape index (κ2) is 12.6. The minimum atomic E-state index is -1.13. The van der Waals surface area contributed by atoms with Gasteiger partial charge in [-0.2, -0.15) is 0 Å². The molecular formula is C27H31FN6O5. The first-order chi connectivity index (χ1) is 18.7. The number of benzene rings is 1. The molecule has 2 N–H and O–H groups in total. The number of amides is 1. The van der Waals surface area contributed by atoms with Crippen LogP contribution in [0.15, 0.2) is 43.2 Å². The van der Waals surface area contributed by atoms with Gasteiger partial charge in [0.25, 0.3) is 0 Å². The minimum Gasteiger partial charge on any atom is -0.474 e. The van der Waals surface area contributed by atoms with Crippen molar-refractivity contribution < 1.29 is 28.2 Å². The number of aromatic nitrogens is 4. The van der Waals surface area contributed by atoms with E-state index in [0.29, 0.717) is 42.6 Å². The molecule has 2 aromatic heterocycles. The lowest BCUT2D eigenvalue weighted by atomic mass is 10.0. The third-order valence-electron chi connectivity index (χ3n) is 6.19. The molecule has 0 bridgehead atoms. The molecule has 1 fully saturated rings. The Labute approximate surface area is 225 Å². The van der Waals surface area contributed by atoms with E-state index in [4.69, 9.17) is 19.9 Å². The van der Waals surface area contributed by atoms with Gasteiger partial charge in [-0.05, 0) is 38.0 Å². The molecule has 3 heterocycles. The summed E-state index contributed by atoms with van der Waals surface area (Å²) in [6.45, 7) is 6.27. The van der Waals surface area contributed by atoms with Crippen LogP contribution in [0.25, 0.3) is 11.1 Å². The zero-order chi connectivity index (χ0) is 27.9. The summed E-state index contributed by atoms with van der Waals surface area (Å²) < 4.78 is 31.4. The topological polar surface area (TPSA) is 143 Å². The number of carbonyl (C=O) groups excluding carboxylic acids is 2. The quantitative estimate of drug-likeness (QED) is 0.425. The minimum absolute atomic E-state index is 0.0123. The van der Waals surface area contributed by atoms with E-state index < -0.39 is 17.8 Å². The largest absolute Gasteiger partial charge is 0.474 e. The molecule has 0 saturated carbocycles. The number of nitrogens with two attached hydrogens (primary N) is 1. The van der Waals surface area contributed by atoms with Gasteiger partial charge in [0.1, 0.15) is 30.6 Å². The van der Waals surface area contributed by atoms with Crippen molar-refractivity contribution in [2.24, 2.45) is 5.73 Å². The Kier molecular flexibility index (Phi) is 8.97. The summed E-state index contributed by atoms with van der Waals surface area (Å²) in [7, 11) is 0. The fourth-order valence-corrected chi connectivity index (χ4v) is 4.06. The van der Waals surface area contributed by atoms with Gasteiger partial charge >= 0.3 is 12.1 Å². The zero-order valence-corrected chi connectivity index (χ0v) is 22.0. The number of esters is 1. The van der Waals surface area contributed by atoms with Gasteiger partial charge in [-0.3, -0.25) is 0 Å². The summed E-state index contributed by atoms with van der Waals surface area (Å²) in [6, 6.07) is 3.51. The summed E-state index contributed by atoms with van der Waals surface area (Å²) in [5.74, 6) is -0.980. The summed E-state index contributed by atoms with van der Waals surface area (Å²) in [5.41, 5.74) is 8.02. The molecule has 0 radical (unpaired) electrons. The van der Waals surface area contributed by atoms with E-state index in [-0.39, 0.29) is 42.0 Å². The number of hydrogen-bond donors (Lipinski definition) is 1. The molecule has 3 aromatic rings. The van der Waals surface area contributed by atoms with Crippen LogP contribution in [-0.2, 0) is 16.0 Å². The molecule has 1 saturated heterocycles. The molecule has 4 rings (SSSR count). The highest BCUT2D eigenvalue weighted by atomic mass is 19.1. The normalized spacial score (nSPS) is 14.7. The van der Waals surface area contributed by atoms with Crippen LogP contribution in [0.1, 0.15) is 37.8 Å². The highest BCUT2D eigenvalue weighted by Crippen LogP contribution is 2.27. The molecule has 206 valence electrons. The molecule has 1 aliphatic rings. The lowest BCUT2D eigenvalue weighted by Gasteiger charge is -2.31. The molecule has 0 unspecified atom stereocenters. The van der Waals surface area contributed by atoms with Gasteiger partial charge in [-0.15, -0.1) is 0 Å². The van der Waals surface area contributed by atoms with Gasteiger partial charge in [0.05, 0.1) is 11.7 Å². The molecule has 1 aliphatic heterocycles.